The minimum absolute atomic E-state index is 1.08. The van der Waals surface area contributed by atoms with Gasteiger partial charge in [0.15, 0.2) is 0 Å². The van der Waals surface area contributed by atoms with Crippen LogP contribution in [0.3, 0.4) is 0 Å². The zero-order valence-corrected chi connectivity index (χ0v) is 16.7. The van der Waals surface area contributed by atoms with E-state index in [9.17, 15) is 0 Å². The summed E-state index contributed by atoms with van der Waals surface area (Å²) in [6, 6.07) is 0. The van der Waals surface area contributed by atoms with Crippen LogP contribution in [-0.4, -0.2) is 5.75 Å². The molecule has 4 fully saturated rings. The average Bonchev–Trinajstić information content (AvgIpc) is 3.13. The van der Waals surface area contributed by atoms with E-state index in [2.05, 4.69) is 12.6 Å². The van der Waals surface area contributed by atoms with Crippen LogP contribution in [0.5, 0.6) is 0 Å². The Morgan fingerprint density at radius 1 is 0.583 bits per heavy atom. The third-order valence-corrected chi connectivity index (χ3v) is 8.99. The van der Waals surface area contributed by atoms with Gasteiger partial charge in [0.1, 0.15) is 0 Å². The van der Waals surface area contributed by atoms with Gasteiger partial charge in [0, 0.05) is 0 Å². The fraction of sp³-hybridized carbons (Fsp3) is 1.00. The van der Waals surface area contributed by atoms with Crippen molar-refractivity contribution in [3.8, 4) is 0 Å². The van der Waals surface area contributed by atoms with Crippen LogP contribution < -0.4 is 0 Å². The maximum atomic E-state index is 4.34. The Labute approximate surface area is 156 Å². The molecule has 4 rings (SSSR count). The topological polar surface area (TPSA) is 0 Å². The first-order chi connectivity index (χ1) is 11.8. The SMILES string of the molecule is SCCCCCCC1CC2CC3CCCCC4CCC3C4CC2C1. The quantitative estimate of drug-likeness (QED) is 0.383. The molecule has 0 amide bonds. The van der Waals surface area contributed by atoms with E-state index < -0.39 is 0 Å². The van der Waals surface area contributed by atoms with Crippen LogP contribution >= 0.6 is 12.6 Å². The lowest BCUT2D eigenvalue weighted by atomic mass is 9.73. The maximum Gasteiger partial charge on any atom is -0.00979 e. The summed E-state index contributed by atoms with van der Waals surface area (Å²) in [6.45, 7) is 0. The fourth-order valence-electron chi connectivity index (χ4n) is 7.60. The molecular weight excluding hydrogens is 308 g/mol. The second-order valence-corrected chi connectivity index (χ2v) is 10.4. The lowest BCUT2D eigenvalue weighted by Crippen LogP contribution is -2.23. The molecular formula is C23H40S. The molecule has 4 saturated carbocycles. The summed E-state index contributed by atoms with van der Waals surface area (Å²) in [4.78, 5) is 0. The molecule has 0 aromatic rings. The molecule has 0 radical (unpaired) electrons. The Balaban J connectivity index is 1.33. The van der Waals surface area contributed by atoms with Crippen LogP contribution in [0.4, 0.5) is 0 Å². The van der Waals surface area contributed by atoms with Gasteiger partial charge in [0.05, 0.1) is 0 Å². The number of fused-ring (bicyclic) bond motifs is 1. The van der Waals surface area contributed by atoms with Crippen LogP contribution in [0.1, 0.15) is 96.3 Å². The third-order valence-electron chi connectivity index (χ3n) is 8.67. The third kappa shape index (κ3) is 3.86. The Morgan fingerprint density at radius 2 is 1.33 bits per heavy atom. The lowest BCUT2D eigenvalue weighted by molar-refractivity contribution is 0.178. The number of unbranched alkanes of at least 4 members (excludes halogenated alkanes) is 3. The van der Waals surface area contributed by atoms with Crippen molar-refractivity contribution >= 4 is 12.6 Å². The van der Waals surface area contributed by atoms with Crippen molar-refractivity contribution in [1.29, 1.82) is 0 Å². The van der Waals surface area contributed by atoms with Gasteiger partial charge >= 0.3 is 0 Å². The zero-order valence-electron chi connectivity index (χ0n) is 15.8. The predicted molar refractivity (Wildman–Crippen MR) is 108 cm³/mol. The molecule has 0 spiro atoms. The van der Waals surface area contributed by atoms with Gasteiger partial charge in [-0.05, 0) is 92.1 Å². The highest BCUT2D eigenvalue weighted by molar-refractivity contribution is 7.80. The molecule has 0 nitrogen and oxygen atoms in total. The maximum absolute atomic E-state index is 4.34. The second kappa shape index (κ2) is 8.36. The molecule has 4 aliphatic rings. The van der Waals surface area contributed by atoms with Crippen molar-refractivity contribution in [3.63, 3.8) is 0 Å². The molecule has 0 saturated heterocycles. The summed E-state index contributed by atoms with van der Waals surface area (Å²) in [5.41, 5.74) is 0. The Morgan fingerprint density at radius 3 is 2.17 bits per heavy atom. The van der Waals surface area contributed by atoms with Gasteiger partial charge in [-0.15, -0.1) is 0 Å². The first kappa shape index (κ1) is 17.7. The summed E-state index contributed by atoms with van der Waals surface area (Å²) < 4.78 is 0. The van der Waals surface area contributed by atoms with Crippen molar-refractivity contribution < 1.29 is 0 Å². The van der Waals surface area contributed by atoms with E-state index in [1.165, 1.54) is 25.7 Å². The van der Waals surface area contributed by atoms with E-state index in [4.69, 9.17) is 0 Å². The summed E-state index contributed by atoms with van der Waals surface area (Å²) in [5.74, 6) is 9.00. The first-order valence-electron chi connectivity index (χ1n) is 11.5. The molecule has 7 atom stereocenters. The van der Waals surface area contributed by atoms with Crippen molar-refractivity contribution in [3.05, 3.63) is 0 Å². The van der Waals surface area contributed by atoms with E-state index >= 15 is 0 Å². The summed E-state index contributed by atoms with van der Waals surface area (Å²) in [6.07, 6.45) is 23.2. The Kier molecular flexibility index (Phi) is 6.18. The van der Waals surface area contributed by atoms with E-state index in [-0.39, 0.29) is 0 Å². The monoisotopic (exact) mass is 348 g/mol. The minimum atomic E-state index is 1.08. The number of hydrogen-bond acceptors (Lipinski definition) is 1. The van der Waals surface area contributed by atoms with E-state index in [1.807, 2.05) is 0 Å². The highest BCUT2D eigenvalue weighted by atomic mass is 32.1. The molecule has 7 unspecified atom stereocenters. The largest absolute Gasteiger partial charge is 0.179 e. The summed E-state index contributed by atoms with van der Waals surface area (Å²) in [7, 11) is 0. The van der Waals surface area contributed by atoms with Crippen molar-refractivity contribution in [1.82, 2.24) is 0 Å². The van der Waals surface area contributed by atoms with Crippen molar-refractivity contribution in [2.75, 3.05) is 5.75 Å². The predicted octanol–water partition coefficient (Wildman–Crippen LogP) is 7.14. The van der Waals surface area contributed by atoms with Crippen LogP contribution in [-0.2, 0) is 0 Å². The van der Waals surface area contributed by atoms with Gasteiger partial charge < -0.3 is 0 Å². The minimum Gasteiger partial charge on any atom is -0.179 e. The van der Waals surface area contributed by atoms with Crippen molar-refractivity contribution in [2.24, 2.45) is 41.4 Å². The van der Waals surface area contributed by atoms with Crippen molar-refractivity contribution in [2.45, 2.75) is 96.3 Å². The van der Waals surface area contributed by atoms with Crippen LogP contribution in [0, 0.1) is 41.4 Å². The number of thiol groups is 1. The lowest BCUT2D eigenvalue weighted by Gasteiger charge is -2.32. The summed E-state index contributed by atoms with van der Waals surface area (Å²) >= 11 is 4.34. The smallest absolute Gasteiger partial charge is 0.00979 e. The highest BCUT2D eigenvalue weighted by Gasteiger charge is 2.48. The molecule has 24 heavy (non-hydrogen) atoms. The van der Waals surface area contributed by atoms with Gasteiger partial charge in [-0.25, -0.2) is 0 Å². The van der Waals surface area contributed by atoms with Gasteiger partial charge in [-0.3, -0.25) is 0 Å². The molecule has 0 aliphatic heterocycles. The normalized spacial score (nSPS) is 44.6. The zero-order chi connectivity index (χ0) is 16.4. The standard InChI is InChI=1S/C23H40S/c24-12-6-2-1-3-7-17-13-20-15-19-9-5-4-8-18-10-11-22(19)23(18)16-21(20)14-17/h17-24H,1-16H2. The highest BCUT2D eigenvalue weighted by Crippen LogP contribution is 2.58. The van der Waals surface area contributed by atoms with Gasteiger partial charge in [0.25, 0.3) is 0 Å². The van der Waals surface area contributed by atoms with Crippen LogP contribution in [0.25, 0.3) is 0 Å². The second-order valence-electron chi connectivity index (χ2n) is 9.97. The molecule has 1 heteroatoms. The first-order valence-corrected chi connectivity index (χ1v) is 12.1. The van der Waals surface area contributed by atoms with E-state index in [0.29, 0.717) is 0 Å². The number of rotatable bonds is 6. The molecule has 0 N–H and O–H groups in total. The van der Waals surface area contributed by atoms with Gasteiger partial charge in [0.2, 0.25) is 0 Å². The fourth-order valence-corrected chi connectivity index (χ4v) is 7.83. The average molecular weight is 349 g/mol. The molecule has 4 aliphatic carbocycles. The Hall–Kier alpha value is 0.350. The van der Waals surface area contributed by atoms with E-state index in [0.717, 1.165) is 47.2 Å². The Bertz CT molecular complexity index is 391. The summed E-state index contributed by atoms with van der Waals surface area (Å²) in [5, 5.41) is 0. The van der Waals surface area contributed by atoms with Gasteiger partial charge in [-0.2, -0.15) is 12.6 Å². The molecule has 0 heterocycles. The molecule has 4 bridgehead atoms. The molecule has 138 valence electrons. The molecule has 0 aromatic heterocycles. The van der Waals surface area contributed by atoms with Crippen LogP contribution in [0.15, 0.2) is 0 Å². The number of hydrogen-bond donors (Lipinski definition) is 1. The van der Waals surface area contributed by atoms with Gasteiger partial charge in [-0.1, -0.05) is 51.4 Å². The van der Waals surface area contributed by atoms with E-state index in [1.54, 1.807) is 70.6 Å². The van der Waals surface area contributed by atoms with Crippen LogP contribution in [0.2, 0.25) is 0 Å². The molecule has 0 aromatic carbocycles.